The minimum absolute atomic E-state index is 0.170. The Morgan fingerprint density at radius 3 is 2.83 bits per heavy atom. The molecular formula is C11H14N4OS2. The molecule has 3 rings (SSSR count). The highest BCUT2D eigenvalue weighted by Crippen LogP contribution is 2.33. The highest BCUT2D eigenvalue weighted by atomic mass is 32.2. The lowest BCUT2D eigenvalue weighted by Gasteiger charge is -1.93. The third-order valence-corrected chi connectivity index (χ3v) is 4.56. The number of H-pyrrole nitrogens is 1. The molecule has 0 fully saturated rings. The first-order valence-electron chi connectivity index (χ1n) is 5.59. The summed E-state index contributed by atoms with van der Waals surface area (Å²) in [6.45, 7) is 4.00. The van der Waals surface area contributed by atoms with E-state index in [9.17, 15) is 4.79 Å². The molecule has 0 spiro atoms. The Kier molecular flexibility index (Phi) is 3.72. The van der Waals surface area contributed by atoms with Gasteiger partial charge in [-0.2, -0.15) is 5.10 Å². The molecule has 0 aromatic carbocycles. The van der Waals surface area contributed by atoms with Gasteiger partial charge in [0.2, 0.25) is 0 Å². The van der Waals surface area contributed by atoms with Crippen LogP contribution in [0.2, 0.25) is 0 Å². The molecule has 0 aliphatic rings. The largest absolute Gasteiger partial charge is 0.323 e. The van der Waals surface area contributed by atoms with E-state index in [-0.39, 0.29) is 5.56 Å². The van der Waals surface area contributed by atoms with Crippen LogP contribution in [-0.4, -0.2) is 26.0 Å². The lowest BCUT2D eigenvalue weighted by atomic mass is 10.4. The van der Waals surface area contributed by atoms with Crippen LogP contribution in [0.15, 0.2) is 15.3 Å². The fraction of sp³-hybridized carbons (Fsp3) is 0.364. The van der Waals surface area contributed by atoms with Crippen LogP contribution in [0.25, 0.3) is 21.3 Å². The van der Waals surface area contributed by atoms with Crippen LogP contribution < -0.4 is 5.56 Å². The van der Waals surface area contributed by atoms with E-state index in [0.29, 0.717) is 5.52 Å². The molecule has 0 amide bonds. The Morgan fingerprint density at radius 2 is 2.17 bits per heavy atom. The maximum absolute atomic E-state index is 11.7. The number of aryl methyl sites for hydroxylation is 1. The number of fused-ring (bicyclic) bond motifs is 3. The van der Waals surface area contributed by atoms with E-state index < -0.39 is 0 Å². The predicted molar refractivity (Wildman–Crippen MR) is 77.6 cm³/mol. The zero-order chi connectivity index (χ0) is 13.3. The molecule has 0 aliphatic carbocycles. The number of thiazole rings is 1. The van der Waals surface area contributed by atoms with Crippen molar-refractivity contribution in [1.82, 2.24) is 19.7 Å². The van der Waals surface area contributed by atoms with Gasteiger partial charge in [-0.25, -0.2) is 10.1 Å². The molecular weight excluding hydrogens is 268 g/mol. The summed E-state index contributed by atoms with van der Waals surface area (Å²) in [5.74, 6) is 0. The van der Waals surface area contributed by atoms with Crippen LogP contribution in [0.4, 0.5) is 0 Å². The van der Waals surface area contributed by atoms with Crippen molar-refractivity contribution in [3.05, 3.63) is 16.6 Å². The smallest absolute Gasteiger partial charge is 0.288 e. The standard InChI is InChI=1S/C9H8N4OS2.C2H6/c1-13-5-4(3-10-12-8(5)14)6-7(13)11-9(15-2)16-6;1-2/h3H,1-2H3,(H,12,14);1-2H3. The van der Waals surface area contributed by atoms with Gasteiger partial charge in [0.15, 0.2) is 9.99 Å². The van der Waals surface area contributed by atoms with Gasteiger partial charge < -0.3 is 4.57 Å². The molecule has 7 heteroatoms. The third kappa shape index (κ3) is 1.83. The van der Waals surface area contributed by atoms with Crippen molar-refractivity contribution in [2.24, 2.45) is 7.05 Å². The third-order valence-electron chi connectivity index (χ3n) is 2.49. The second-order valence-corrected chi connectivity index (χ2v) is 5.41. The molecule has 0 saturated heterocycles. The summed E-state index contributed by atoms with van der Waals surface area (Å²) in [4.78, 5) is 16.1. The Morgan fingerprint density at radius 1 is 1.44 bits per heavy atom. The number of nitrogens with zero attached hydrogens (tertiary/aromatic N) is 3. The van der Waals surface area contributed by atoms with Crippen LogP contribution >= 0.6 is 23.1 Å². The molecule has 0 unspecified atom stereocenters. The van der Waals surface area contributed by atoms with Crippen molar-refractivity contribution in [3.8, 4) is 0 Å². The number of rotatable bonds is 1. The summed E-state index contributed by atoms with van der Waals surface area (Å²) in [5.41, 5.74) is 1.31. The second kappa shape index (κ2) is 5.11. The fourth-order valence-corrected chi connectivity index (χ4v) is 3.38. The molecule has 18 heavy (non-hydrogen) atoms. The summed E-state index contributed by atoms with van der Waals surface area (Å²) in [5, 5.41) is 7.15. The van der Waals surface area contributed by atoms with Gasteiger partial charge in [-0.05, 0) is 6.26 Å². The Hall–Kier alpha value is -1.34. The highest BCUT2D eigenvalue weighted by molar-refractivity contribution is 8.00. The van der Waals surface area contributed by atoms with E-state index in [0.717, 1.165) is 20.1 Å². The van der Waals surface area contributed by atoms with E-state index in [1.807, 2.05) is 31.7 Å². The van der Waals surface area contributed by atoms with Crippen LogP contribution in [0.5, 0.6) is 0 Å². The van der Waals surface area contributed by atoms with Gasteiger partial charge in [0.25, 0.3) is 5.56 Å². The van der Waals surface area contributed by atoms with Gasteiger partial charge in [0, 0.05) is 12.4 Å². The second-order valence-electron chi connectivity index (χ2n) is 3.36. The summed E-state index contributed by atoms with van der Waals surface area (Å²) in [7, 11) is 1.85. The zero-order valence-corrected chi connectivity index (χ0v) is 12.3. The summed E-state index contributed by atoms with van der Waals surface area (Å²) >= 11 is 3.20. The molecule has 0 saturated carbocycles. The number of aromatic nitrogens is 4. The molecule has 1 N–H and O–H groups in total. The lowest BCUT2D eigenvalue weighted by molar-refractivity contribution is 0.944. The average molecular weight is 282 g/mol. The number of hydrogen-bond acceptors (Lipinski definition) is 5. The first kappa shape index (κ1) is 13.1. The van der Waals surface area contributed by atoms with E-state index in [2.05, 4.69) is 15.2 Å². The summed E-state index contributed by atoms with van der Waals surface area (Å²) < 4.78 is 3.85. The molecule has 0 aliphatic heterocycles. The van der Waals surface area contributed by atoms with E-state index in [4.69, 9.17) is 0 Å². The van der Waals surface area contributed by atoms with Gasteiger partial charge in [0.05, 0.1) is 10.9 Å². The quantitative estimate of drug-likeness (QED) is 0.697. The molecule has 0 bridgehead atoms. The van der Waals surface area contributed by atoms with Gasteiger partial charge in [-0.3, -0.25) is 4.79 Å². The number of hydrogen-bond donors (Lipinski definition) is 1. The predicted octanol–water partition coefficient (Wildman–Crippen LogP) is 2.62. The minimum Gasteiger partial charge on any atom is -0.323 e. The molecule has 0 atom stereocenters. The first-order chi connectivity index (χ1) is 8.72. The molecule has 0 radical (unpaired) electrons. The summed E-state index contributed by atoms with van der Waals surface area (Å²) in [6.07, 6.45) is 3.67. The summed E-state index contributed by atoms with van der Waals surface area (Å²) in [6, 6.07) is 0. The topological polar surface area (TPSA) is 63.6 Å². The van der Waals surface area contributed by atoms with Crippen molar-refractivity contribution >= 4 is 44.3 Å². The van der Waals surface area contributed by atoms with Gasteiger partial charge >= 0.3 is 0 Å². The first-order valence-corrected chi connectivity index (χ1v) is 7.63. The van der Waals surface area contributed by atoms with Crippen molar-refractivity contribution in [3.63, 3.8) is 0 Å². The van der Waals surface area contributed by atoms with Crippen LogP contribution in [0.3, 0.4) is 0 Å². The van der Waals surface area contributed by atoms with Crippen LogP contribution in [0, 0.1) is 0 Å². The Balaban J connectivity index is 0.000000574. The van der Waals surface area contributed by atoms with E-state index >= 15 is 0 Å². The molecule has 5 nitrogen and oxygen atoms in total. The highest BCUT2D eigenvalue weighted by Gasteiger charge is 2.15. The van der Waals surface area contributed by atoms with Gasteiger partial charge in [-0.1, -0.05) is 25.6 Å². The molecule has 96 valence electrons. The van der Waals surface area contributed by atoms with Crippen LogP contribution in [0.1, 0.15) is 13.8 Å². The van der Waals surface area contributed by atoms with E-state index in [1.165, 1.54) is 0 Å². The lowest BCUT2D eigenvalue weighted by Crippen LogP contribution is -2.10. The molecule has 3 aromatic heterocycles. The Bertz CT molecular complexity index is 740. The van der Waals surface area contributed by atoms with Gasteiger partial charge in [-0.15, -0.1) is 11.3 Å². The monoisotopic (exact) mass is 282 g/mol. The molecule has 3 aromatic rings. The maximum atomic E-state index is 11.7. The van der Waals surface area contributed by atoms with Crippen molar-refractivity contribution in [1.29, 1.82) is 0 Å². The SMILES string of the molecule is CC.CSc1nc2c(s1)c1cn[nH]c(=O)c1n2C. The normalized spacial score (nSPS) is 10.7. The van der Waals surface area contributed by atoms with E-state index in [1.54, 1.807) is 29.3 Å². The zero-order valence-electron chi connectivity index (χ0n) is 10.6. The number of thioether (sulfide) groups is 1. The minimum atomic E-state index is -0.170. The maximum Gasteiger partial charge on any atom is 0.288 e. The Labute approximate surface area is 112 Å². The van der Waals surface area contributed by atoms with Crippen molar-refractivity contribution in [2.45, 2.75) is 18.2 Å². The molecule has 3 heterocycles. The van der Waals surface area contributed by atoms with Crippen molar-refractivity contribution in [2.75, 3.05) is 6.26 Å². The number of nitrogens with one attached hydrogen (secondary N) is 1. The van der Waals surface area contributed by atoms with Crippen LogP contribution in [-0.2, 0) is 7.05 Å². The number of aromatic amines is 1. The van der Waals surface area contributed by atoms with Gasteiger partial charge in [0.1, 0.15) is 5.52 Å². The average Bonchev–Trinajstić information content (AvgIpc) is 2.93. The van der Waals surface area contributed by atoms with Crippen molar-refractivity contribution < 1.29 is 0 Å². The fourth-order valence-electron chi connectivity index (χ4n) is 1.78.